The number of rotatable bonds is 8. The van der Waals surface area contributed by atoms with Crippen molar-refractivity contribution in [3.8, 4) is 11.5 Å². The Kier molecular flexibility index (Phi) is 20.7. The second-order valence-electron chi connectivity index (χ2n) is 7.30. The second-order valence-corrected chi connectivity index (χ2v) is 7.30. The maximum Gasteiger partial charge on any atom is 4.00 e. The van der Waals surface area contributed by atoms with Gasteiger partial charge in [-0.25, -0.2) is 41.8 Å². The monoisotopic (exact) mass is 548 g/mol. The van der Waals surface area contributed by atoms with Crippen LogP contribution in [-0.2, 0) is 21.7 Å². The zero-order valence-corrected chi connectivity index (χ0v) is 22.7. The van der Waals surface area contributed by atoms with Crippen LogP contribution >= 0.6 is 0 Å². The van der Waals surface area contributed by atoms with Crippen LogP contribution in [0.5, 0.6) is 11.5 Å². The molecule has 0 amide bonds. The van der Waals surface area contributed by atoms with Crippen molar-refractivity contribution in [2.45, 2.75) is 39.5 Å². The van der Waals surface area contributed by atoms with Crippen LogP contribution in [0.15, 0.2) is 84.9 Å². The summed E-state index contributed by atoms with van der Waals surface area (Å²) in [6, 6.07) is 28.6. The fourth-order valence-corrected chi connectivity index (χ4v) is 2.38. The summed E-state index contributed by atoms with van der Waals surface area (Å²) in [4.78, 5) is 0. The Morgan fingerprint density at radius 3 is 1.22 bits per heavy atom. The SMILES string of the molecule is CCCCOc1ccc(F)[c-]c1F.CCCCOc1ccc(F)[c-]c1F.[Ti+4].c1cc[cH-]c1.c1cc[cH-]c1. The van der Waals surface area contributed by atoms with E-state index in [4.69, 9.17) is 9.47 Å². The average molecular weight is 548 g/mol. The zero-order chi connectivity index (χ0) is 26.4. The summed E-state index contributed by atoms with van der Waals surface area (Å²) in [5.74, 6) is -2.82. The molecule has 0 fully saturated rings. The van der Waals surface area contributed by atoms with E-state index in [-0.39, 0.29) is 33.2 Å². The first kappa shape index (κ1) is 34.2. The molecule has 0 aliphatic rings. The quantitative estimate of drug-likeness (QED) is 0.0949. The van der Waals surface area contributed by atoms with Gasteiger partial charge in [0.2, 0.25) is 0 Å². The third-order valence-electron chi connectivity index (χ3n) is 4.28. The van der Waals surface area contributed by atoms with Gasteiger partial charge in [-0.3, -0.25) is 0 Å². The summed E-state index contributed by atoms with van der Waals surface area (Å²) in [6.07, 6.45) is 3.67. The molecule has 0 saturated heterocycles. The van der Waals surface area contributed by atoms with Gasteiger partial charge in [0, 0.05) is 23.1 Å². The first-order valence-electron chi connectivity index (χ1n) is 11.8. The van der Waals surface area contributed by atoms with Crippen LogP contribution in [0.2, 0.25) is 0 Å². The molecular formula is C30H32F4O2Ti. The molecule has 37 heavy (non-hydrogen) atoms. The van der Waals surface area contributed by atoms with Gasteiger partial charge in [0.15, 0.2) is 0 Å². The van der Waals surface area contributed by atoms with Crippen molar-refractivity contribution in [2.75, 3.05) is 13.2 Å². The van der Waals surface area contributed by atoms with Gasteiger partial charge in [-0.15, -0.1) is 36.4 Å². The molecule has 0 atom stereocenters. The number of ether oxygens (including phenoxy) is 2. The second kappa shape index (κ2) is 22.4. The maximum atomic E-state index is 12.9. The molecule has 0 aliphatic carbocycles. The van der Waals surface area contributed by atoms with E-state index in [0.29, 0.717) is 13.2 Å². The van der Waals surface area contributed by atoms with E-state index in [1.165, 1.54) is 12.1 Å². The van der Waals surface area contributed by atoms with Crippen LogP contribution in [0.25, 0.3) is 0 Å². The largest absolute Gasteiger partial charge is 4.00 e. The van der Waals surface area contributed by atoms with Gasteiger partial charge in [-0.2, -0.15) is 36.4 Å². The molecule has 0 unspecified atom stereocenters. The minimum absolute atomic E-state index is 0. The molecule has 0 heterocycles. The molecule has 2 nitrogen and oxygen atoms in total. The van der Waals surface area contributed by atoms with Crippen LogP contribution in [0.1, 0.15) is 39.5 Å². The van der Waals surface area contributed by atoms with E-state index in [1.54, 1.807) is 0 Å². The molecular weight excluding hydrogens is 516 g/mol. The van der Waals surface area contributed by atoms with Gasteiger partial charge >= 0.3 is 21.7 Å². The van der Waals surface area contributed by atoms with Crippen LogP contribution in [0, 0.1) is 35.4 Å². The molecule has 4 rings (SSSR count). The Bertz CT molecular complexity index is 904. The third kappa shape index (κ3) is 17.3. The van der Waals surface area contributed by atoms with Crippen molar-refractivity contribution in [1.82, 2.24) is 0 Å². The number of halogens is 4. The Hall–Kier alpha value is -2.83. The average Bonchev–Trinajstić information content (AvgIpc) is 3.62. The van der Waals surface area contributed by atoms with Crippen molar-refractivity contribution < 1.29 is 48.8 Å². The van der Waals surface area contributed by atoms with Gasteiger partial charge < -0.3 is 9.47 Å². The van der Waals surface area contributed by atoms with E-state index in [1.807, 2.05) is 86.6 Å². The van der Waals surface area contributed by atoms with Crippen molar-refractivity contribution in [3.63, 3.8) is 0 Å². The van der Waals surface area contributed by atoms with Gasteiger partial charge in [0.1, 0.15) is 0 Å². The van der Waals surface area contributed by atoms with E-state index in [2.05, 4.69) is 0 Å². The predicted molar refractivity (Wildman–Crippen MR) is 135 cm³/mol. The third-order valence-corrected chi connectivity index (χ3v) is 4.28. The minimum atomic E-state index is -0.767. The van der Waals surface area contributed by atoms with Crippen molar-refractivity contribution in [1.29, 1.82) is 0 Å². The first-order chi connectivity index (χ1) is 17.5. The topological polar surface area (TPSA) is 18.5 Å². The van der Waals surface area contributed by atoms with Gasteiger partial charge in [-0.1, -0.05) is 26.7 Å². The molecule has 196 valence electrons. The fraction of sp³-hybridized carbons (Fsp3) is 0.267. The molecule has 0 aromatic heterocycles. The first-order valence-corrected chi connectivity index (χ1v) is 11.8. The van der Waals surface area contributed by atoms with E-state index < -0.39 is 23.3 Å². The summed E-state index contributed by atoms with van der Waals surface area (Å²) >= 11 is 0. The number of hydrogen-bond donors (Lipinski definition) is 0. The Morgan fingerprint density at radius 1 is 0.622 bits per heavy atom. The zero-order valence-electron chi connectivity index (χ0n) is 21.2. The van der Waals surface area contributed by atoms with Gasteiger partial charge in [0.05, 0.1) is 24.8 Å². The van der Waals surface area contributed by atoms with Gasteiger partial charge in [0.25, 0.3) is 0 Å². The molecule has 0 bridgehead atoms. The van der Waals surface area contributed by atoms with Crippen LogP contribution in [0.4, 0.5) is 17.6 Å². The summed E-state index contributed by atoms with van der Waals surface area (Å²) in [6.45, 7) is 4.92. The molecule has 4 aromatic carbocycles. The number of hydrogen-bond acceptors (Lipinski definition) is 2. The smallest absolute Gasteiger partial charge is 0.548 e. The van der Waals surface area contributed by atoms with Gasteiger partial charge in [-0.05, 0) is 12.8 Å². The molecule has 0 aliphatic heterocycles. The molecule has 0 saturated carbocycles. The predicted octanol–water partition coefficient (Wildman–Crippen LogP) is 8.70. The van der Waals surface area contributed by atoms with Crippen LogP contribution in [0.3, 0.4) is 0 Å². The Balaban J connectivity index is 0.000000502. The summed E-state index contributed by atoms with van der Waals surface area (Å²) < 4.78 is 60.6. The van der Waals surface area contributed by atoms with Crippen LogP contribution < -0.4 is 9.47 Å². The molecule has 4 aromatic rings. The van der Waals surface area contributed by atoms with E-state index in [0.717, 1.165) is 37.8 Å². The Morgan fingerprint density at radius 2 is 0.973 bits per heavy atom. The van der Waals surface area contributed by atoms with Crippen molar-refractivity contribution in [3.05, 3.63) is 120 Å². The normalized spacial score (nSPS) is 9.24. The van der Waals surface area contributed by atoms with E-state index in [9.17, 15) is 17.6 Å². The Labute approximate surface area is 232 Å². The molecule has 7 heteroatoms. The molecule has 0 N–H and O–H groups in total. The number of unbranched alkanes of at least 4 members (excludes halogenated alkanes) is 2. The fourth-order valence-electron chi connectivity index (χ4n) is 2.38. The molecule has 0 radical (unpaired) electrons. The maximum absolute atomic E-state index is 12.9. The number of benzene rings is 2. The summed E-state index contributed by atoms with van der Waals surface area (Å²) in [5, 5.41) is 0. The standard InChI is InChI=1S/2C10H11F2O.2C5H5.Ti/c2*1-2-3-6-13-10-5-4-8(11)7-9(10)12;2*1-2-4-5-3-1;/h2*4-5H,2-3,6H2,1H3;2*1-5H;/q4*-1;+4. The minimum Gasteiger partial charge on any atom is -0.548 e. The van der Waals surface area contributed by atoms with Crippen LogP contribution in [-0.4, -0.2) is 13.2 Å². The van der Waals surface area contributed by atoms with Crippen molar-refractivity contribution >= 4 is 0 Å². The van der Waals surface area contributed by atoms with Crippen molar-refractivity contribution in [2.24, 2.45) is 0 Å². The van der Waals surface area contributed by atoms with E-state index >= 15 is 0 Å². The molecule has 0 spiro atoms. The summed E-state index contributed by atoms with van der Waals surface area (Å²) in [5.41, 5.74) is 0. The summed E-state index contributed by atoms with van der Waals surface area (Å²) in [7, 11) is 0.